The fraction of sp³-hybridized carbons (Fsp3) is 0. The first-order valence-corrected chi connectivity index (χ1v) is 7.08. The Morgan fingerprint density at radius 3 is 2.06 bits per heavy atom. The minimum absolute atomic E-state index is 0.731. The Balaban J connectivity index is 2.35. The summed E-state index contributed by atoms with van der Waals surface area (Å²) in [5.74, 6) is 1.69. The summed E-state index contributed by atoms with van der Waals surface area (Å²) in [4.78, 5) is 0. The van der Waals surface area contributed by atoms with Crippen LogP contribution >= 0.6 is 56.8 Å². The van der Waals surface area contributed by atoms with Crippen LogP contribution in [0.15, 0.2) is 42.5 Å². The third kappa shape index (κ3) is 3.01. The summed E-state index contributed by atoms with van der Waals surface area (Å²) in [5, 5.41) is 0.731. The number of hydrogen-bond donors (Lipinski definition) is 0. The molecule has 2 rings (SSSR count). The number of para-hydroxylation sites is 1. The second kappa shape index (κ2) is 5.55. The molecular formula is C12H7ClI2O. The molecule has 0 N–H and O–H groups in total. The molecule has 0 saturated carbocycles. The molecular weight excluding hydrogens is 449 g/mol. The van der Waals surface area contributed by atoms with Crippen molar-refractivity contribution in [1.29, 1.82) is 0 Å². The van der Waals surface area contributed by atoms with Crippen LogP contribution in [0.1, 0.15) is 0 Å². The molecule has 0 atom stereocenters. The predicted octanol–water partition coefficient (Wildman–Crippen LogP) is 5.34. The largest absolute Gasteiger partial charge is 0.455 e. The highest BCUT2D eigenvalue weighted by molar-refractivity contribution is 14.1. The van der Waals surface area contributed by atoms with Crippen LogP contribution in [0.4, 0.5) is 0 Å². The maximum absolute atomic E-state index is 5.96. The van der Waals surface area contributed by atoms with E-state index in [1.165, 1.54) is 0 Å². The Kier molecular flexibility index (Phi) is 4.32. The Bertz CT molecular complexity index is 477. The van der Waals surface area contributed by atoms with Crippen LogP contribution in [0, 0.1) is 7.14 Å². The monoisotopic (exact) mass is 456 g/mol. The van der Waals surface area contributed by atoms with Crippen molar-refractivity contribution in [2.24, 2.45) is 0 Å². The van der Waals surface area contributed by atoms with Gasteiger partial charge in [-0.2, -0.15) is 0 Å². The SMILES string of the molecule is Clc1cc(I)c(Oc2ccccc2)c(I)c1. The minimum Gasteiger partial charge on any atom is -0.455 e. The van der Waals surface area contributed by atoms with Gasteiger partial charge in [0.1, 0.15) is 5.75 Å². The van der Waals surface area contributed by atoms with Gasteiger partial charge in [0.25, 0.3) is 0 Å². The molecule has 0 radical (unpaired) electrons. The zero-order valence-corrected chi connectivity index (χ0v) is 13.2. The molecule has 2 aromatic carbocycles. The van der Waals surface area contributed by atoms with Crippen LogP contribution in [-0.2, 0) is 0 Å². The van der Waals surface area contributed by atoms with Crippen LogP contribution in [0.25, 0.3) is 0 Å². The molecule has 0 amide bonds. The van der Waals surface area contributed by atoms with Crippen LogP contribution in [-0.4, -0.2) is 0 Å². The van der Waals surface area contributed by atoms with E-state index in [1.54, 1.807) is 0 Å². The maximum Gasteiger partial charge on any atom is 0.154 e. The molecule has 82 valence electrons. The lowest BCUT2D eigenvalue weighted by atomic mass is 10.3. The van der Waals surface area contributed by atoms with Crippen molar-refractivity contribution in [3.63, 3.8) is 0 Å². The van der Waals surface area contributed by atoms with Gasteiger partial charge in [0.05, 0.1) is 7.14 Å². The summed E-state index contributed by atoms with van der Waals surface area (Å²) in [6.07, 6.45) is 0. The van der Waals surface area contributed by atoms with E-state index in [-0.39, 0.29) is 0 Å². The number of rotatable bonds is 2. The molecule has 4 heteroatoms. The third-order valence-electron chi connectivity index (χ3n) is 1.93. The van der Waals surface area contributed by atoms with Crippen LogP contribution in [0.5, 0.6) is 11.5 Å². The summed E-state index contributed by atoms with van der Waals surface area (Å²) < 4.78 is 7.85. The van der Waals surface area contributed by atoms with Gasteiger partial charge in [0, 0.05) is 5.02 Å². The van der Waals surface area contributed by atoms with Gasteiger partial charge in [-0.25, -0.2) is 0 Å². The van der Waals surface area contributed by atoms with Gasteiger partial charge in [-0.15, -0.1) is 0 Å². The van der Waals surface area contributed by atoms with E-state index in [0.717, 1.165) is 23.7 Å². The molecule has 0 fully saturated rings. The molecule has 0 aliphatic rings. The van der Waals surface area contributed by atoms with E-state index in [9.17, 15) is 0 Å². The van der Waals surface area contributed by atoms with E-state index < -0.39 is 0 Å². The normalized spacial score (nSPS) is 10.2. The summed E-state index contributed by atoms with van der Waals surface area (Å²) >= 11 is 10.4. The standard InChI is InChI=1S/C12H7ClI2O/c13-8-6-10(14)12(11(15)7-8)16-9-4-2-1-3-5-9/h1-7H. The van der Waals surface area contributed by atoms with Gasteiger partial charge in [-0.3, -0.25) is 0 Å². The van der Waals surface area contributed by atoms with Gasteiger partial charge in [-0.05, 0) is 69.4 Å². The Hall–Kier alpha value is -0.0100. The second-order valence-corrected chi connectivity index (χ2v) is 5.87. The maximum atomic E-state index is 5.96. The van der Waals surface area contributed by atoms with Crippen molar-refractivity contribution in [1.82, 2.24) is 0 Å². The van der Waals surface area contributed by atoms with E-state index in [0.29, 0.717) is 0 Å². The molecule has 0 aliphatic heterocycles. The van der Waals surface area contributed by atoms with Gasteiger partial charge < -0.3 is 4.74 Å². The highest BCUT2D eigenvalue weighted by Crippen LogP contribution is 2.33. The quantitative estimate of drug-likeness (QED) is 0.555. The molecule has 0 saturated heterocycles. The van der Waals surface area contributed by atoms with Crippen molar-refractivity contribution in [3.05, 3.63) is 54.6 Å². The van der Waals surface area contributed by atoms with E-state index in [1.807, 2.05) is 42.5 Å². The molecule has 0 aromatic heterocycles. The summed E-state index contributed by atoms with van der Waals surface area (Å²) in [6.45, 7) is 0. The minimum atomic E-state index is 0.731. The highest BCUT2D eigenvalue weighted by Gasteiger charge is 2.08. The van der Waals surface area contributed by atoms with Crippen molar-refractivity contribution in [2.75, 3.05) is 0 Å². The lowest BCUT2D eigenvalue weighted by molar-refractivity contribution is 0.476. The fourth-order valence-electron chi connectivity index (χ4n) is 1.23. The Morgan fingerprint density at radius 2 is 1.50 bits per heavy atom. The summed E-state index contributed by atoms with van der Waals surface area (Å²) in [5.41, 5.74) is 0. The molecule has 0 spiro atoms. The molecule has 0 bridgehead atoms. The van der Waals surface area contributed by atoms with Crippen LogP contribution < -0.4 is 4.74 Å². The number of halogens is 3. The molecule has 16 heavy (non-hydrogen) atoms. The molecule has 0 heterocycles. The summed E-state index contributed by atoms with van der Waals surface area (Å²) in [6, 6.07) is 13.5. The third-order valence-corrected chi connectivity index (χ3v) is 3.75. The first kappa shape index (κ1) is 12.4. The van der Waals surface area contributed by atoms with Gasteiger partial charge in [-0.1, -0.05) is 29.8 Å². The lowest BCUT2D eigenvalue weighted by Crippen LogP contribution is -1.90. The molecule has 0 unspecified atom stereocenters. The van der Waals surface area contributed by atoms with Gasteiger partial charge in [0.2, 0.25) is 0 Å². The number of ether oxygens (including phenoxy) is 1. The van der Waals surface area contributed by atoms with Crippen LogP contribution in [0.2, 0.25) is 5.02 Å². The fourth-order valence-corrected chi connectivity index (χ4v) is 3.81. The Labute approximate surface area is 126 Å². The van der Waals surface area contributed by atoms with E-state index in [2.05, 4.69) is 45.2 Å². The topological polar surface area (TPSA) is 9.23 Å². The van der Waals surface area contributed by atoms with Crippen molar-refractivity contribution in [3.8, 4) is 11.5 Å². The summed E-state index contributed by atoms with van der Waals surface area (Å²) in [7, 11) is 0. The van der Waals surface area contributed by atoms with E-state index in [4.69, 9.17) is 16.3 Å². The first-order valence-electron chi connectivity index (χ1n) is 4.54. The predicted molar refractivity (Wildman–Crippen MR) is 83.4 cm³/mol. The molecule has 1 nitrogen and oxygen atoms in total. The number of benzene rings is 2. The van der Waals surface area contributed by atoms with Crippen molar-refractivity contribution >= 4 is 56.8 Å². The van der Waals surface area contributed by atoms with Crippen molar-refractivity contribution < 1.29 is 4.74 Å². The Morgan fingerprint density at radius 1 is 0.938 bits per heavy atom. The smallest absolute Gasteiger partial charge is 0.154 e. The van der Waals surface area contributed by atoms with Gasteiger partial charge >= 0.3 is 0 Å². The lowest BCUT2D eigenvalue weighted by Gasteiger charge is -2.10. The van der Waals surface area contributed by atoms with Crippen molar-refractivity contribution in [2.45, 2.75) is 0 Å². The molecule has 0 aliphatic carbocycles. The highest BCUT2D eigenvalue weighted by atomic mass is 127. The first-order chi connectivity index (χ1) is 7.66. The zero-order valence-electron chi connectivity index (χ0n) is 8.08. The average molecular weight is 456 g/mol. The second-order valence-electron chi connectivity index (χ2n) is 3.11. The van der Waals surface area contributed by atoms with E-state index >= 15 is 0 Å². The zero-order chi connectivity index (χ0) is 11.5. The van der Waals surface area contributed by atoms with Crippen LogP contribution in [0.3, 0.4) is 0 Å². The number of hydrogen-bond acceptors (Lipinski definition) is 1. The average Bonchev–Trinajstić information content (AvgIpc) is 2.25. The molecule has 2 aromatic rings. The van der Waals surface area contributed by atoms with Gasteiger partial charge in [0.15, 0.2) is 5.75 Å².